The third kappa shape index (κ3) is 1.23. The molecule has 0 radical (unpaired) electrons. The van der Waals surface area contributed by atoms with Crippen LogP contribution in [-0.2, 0) is 6.67 Å². The van der Waals surface area contributed by atoms with Crippen LogP contribution < -0.4 is 4.90 Å². The highest BCUT2D eigenvalue weighted by Gasteiger charge is 2.23. The standard InChI is InChI=1S/C11H11ClN4/c1-7(12)5-9-14-8-3-4-13-11-10(8)16(9)6-15(11)2/h3-5H,6H2,1-2H3. The number of hydrogen-bond donors (Lipinski definition) is 0. The third-order valence-electron chi connectivity index (χ3n) is 2.71. The van der Waals surface area contributed by atoms with Gasteiger partial charge in [0.2, 0.25) is 0 Å². The summed E-state index contributed by atoms with van der Waals surface area (Å²) in [7, 11) is 2.02. The van der Waals surface area contributed by atoms with Gasteiger partial charge in [0.05, 0.1) is 12.2 Å². The van der Waals surface area contributed by atoms with E-state index in [0.29, 0.717) is 0 Å². The van der Waals surface area contributed by atoms with Crippen LogP contribution in [0.25, 0.3) is 17.1 Å². The maximum atomic E-state index is 5.90. The number of imidazole rings is 1. The van der Waals surface area contributed by atoms with Crippen LogP contribution >= 0.6 is 11.6 Å². The molecule has 4 nitrogen and oxygen atoms in total. The van der Waals surface area contributed by atoms with Gasteiger partial charge < -0.3 is 9.47 Å². The highest BCUT2D eigenvalue weighted by Crippen LogP contribution is 2.31. The third-order valence-corrected chi connectivity index (χ3v) is 2.82. The number of hydrogen-bond acceptors (Lipinski definition) is 3. The predicted octanol–water partition coefficient (Wildman–Crippen LogP) is 2.44. The molecule has 0 fully saturated rings. The van der Waals surface area contributed by atoms with Crippen molar-refractivity contribution >= 4 is 34.5 Å². The summed E-state index contributed by atoms with van der Waals surface area (Å²) >= 11 is 5.90. The van der Waals surface area contributed by atoms with Crippen LogP contribution in [0.3, 0.4) is 0 Å². The molecule has 3 rings (SSSR count). The lowest BCUT2D eigenvalue weighted by molar-refractivity contribution is 0.727. The first-order chi connectivity index (χ1) is 7.66. The van der Waals surface area contributed by atoms with Gasteiger partial charge in [-0.3, -0.25) is 0 Å². The Morgan fingerprint density at radius 2 is 2.38 bits per heavy atom. The van der Waals surface area contributed by atoms with E-state index in [-0.39, 0.29) is 0 Å². The molecule has 0 saturated carbocycles. The van der Waals surface area contributed by atoms with Crippen molar-refractivity contribution in [3.8, 4) is 0 Å². The Kier molecular flexibility index (Phi) is 1.94. The zero-order valence-corrected chi connectivity index (χ0v) is 9.86. The number of pyridine rings is 1. The lowest BCUT2D eigenvalue weighted by atomic mass is 10.4. The smallest absolute Gasteiger partial charge is 0.156 e. The van der Waals surface area contributed by atoms with Crippen LogP contribution in [0.2, 0.25) is 0 Å². The second-order valence-corrected chi connectivity index (χ2v) is 4.57. The Labute approximate surface area is 98.2 Å². The molecule has 5 heteroatoms. The topological polar surface area (TPSA) is 34.0 Å². The van der Waals surface area contributed by atoms with Gasteiger partial charge in [0.1, 0.15) is 11.3 Å². The van der Waals surface area contributed by atoms with Crippen molar-refractivity contribution in [1.29, 1.82) is 0 Å². The first-order valence-electron chi connectivity index (χ1n) is 5.07. The van der Waals surface area contributed by atoms with Crippen molar-refractivity contribution in [2.24, 2.45) is 0 Å². The van der Waals surface area contributed by atoms with Gasteiger partial charge >= 0.3 is 0 Å². The first kappa shape index (κ1) is 9.66. The summed E-state index contributed by atoms with van der Waals surface area (Å²) in [5, 5.41) is 0.732. The van der Waals surface area contributed by atoms with Gasteiger partial charge in [-0.05, 0) is 19.1 Å². The molecule has 0 spiro atoms. The summed E-state index contributed by atoms with van der Waals surface area (Å²) in [5.41, 5.74) is 2.06. The van der Waals surface area contributed by atoms with Crippen molar-refractivity contribution in [1.82, 2.24) is 14.5 Å². The van der Waals surface area contributed by atoms with Crippen molar-refractivity contribution in [3.05, 3.63) is 23.1 Å². The lowest BCUT2D eigenvalue weighted by Gasteiger charge is -2.10. The second kappa shape index (κ2) is 3.22. The minimum absolute atomic E-state index is 0.732. The molecule has 3 heterocycles. The Bertz CT molecular complexity index is 595. The van der Waals surface area contributed by atoms with E-state index in [2.05, 4.69) is 19.4 Å². The fourth-order valence-electron chi connectivity index (χ4n) is 2.07. The van der Waals surface area contributed by atoms with E-state index in [9.17, 15) is 0 Å². The molecule has 0 saturated heterocycles. The highest BCUT2D eigenvalue weighted by atomic mass is 35.5. The van der Waals surface area contributed by atoms with Crippen LogP contribution in [-0.4, -0.2) is 21.6 Å². The molecule has 1 aliphatic heterocycles. The molecule has 0 amide bonds. The summed E-state index contributed by atoms with van der Waals surface area (Å²) in [6.07, 6.45) is 3.67. The molecular weight excluding hydrogens is 224 g/mol. The van der Waals surface area contributed by atoms with Crippen LogP contribution in [0.1, 0.15) is 12.7 Å². The molecule has 0 bridgehead atoms. The average molecular weight is 235 g/mol. The summed E-state index contributed by atoms with van der Waals surface area (Å²) in [6.45, 7) is 2.63. The number of nitrogens with zero attached hydrogens (tertiary/aromatic N) is 4. The van der Waals surface area contributed by atoms with Gasteiger partial charge in [0, 0.05) is 18.3 Å². The van der Waals surface area contributed by atoms with Crippen molar-refractivity contribution in [3.63, 3.8) is 0 Å². The predicted molar refractivity (Wildman–Crippen MR) is 65.4 cm³/mol. The maximum absolute atomic E-state index is 5.90. The van der Waals surface area contributed by atoms with Gasteiger partial charge in [0.25, 0.3) is 0 Å². The number of halogens is 1. The van der Waals surface area contributed by atoms with E-state index in [1.54, 1.807) is 6.20 Å². The second-order valence-electron chi connectivity index (χ2n) is 3.97. The van der Waals surface area contributed by atoms with Crippen molar-refractivity contribution in [2.75, 3.05) is 11.9 Å². The van der Waals surface area contributed by atoms with Gasteiger partial charge in [-0.25, -0.2) is 9.97 Å². The zero-order chi connectivity index (χ0) is 11.3. The van der Waals surface area contributed by atoms with Crippen molar-refractivity contribution in [2.45, 2.75) is 13.6 Å². The summed E-state index contributed by atoms with van der Waals surface area (Å²) in [6, 6.07) is 1.93. The molecule has 0 atom stereocenters. The number of aromatic nitrogens is 3. The van der Waals surface area contributed by atoms with Crippen LogP contribution in [0.5, 0.6) is 0 Å². The van der Waals surface area contributed by atoms with Crippen molar-refractivity contribution < 1.29 is 0 Å². The molecule has 2 aromatic rings. The summed E-state index contributed by atoms with van der Waals surface area (Å²) < 4.78 is 2.13. The SMILES string of the molecule is CC(Cl)=Cc1nc2ccnc3c2n1CN3C. The average Bonchev–Trinajstić information content (AvgIpc) is 2.72. The monoisotopic (exact) mass is 234 g/mol. The first-order valence-corrected chi connectivity index (χ1v) is 5.45. The molecule has 0 N–H and O–H groups in total. The van der Waals surface area contributed by atoms with Crippen LogP contribution in [0, 0.1) is 0 Å². The Morgan fingerprint density at radius 3 is 3.12 bits per heavy atom. The highest BCUT2D eigenvalue weighted by molar-refractivity contribution is 6.31. The molecule has 0 aromatic carbocycles. The number of rotatable bonds is 1. The molecule has 1 aliphatic rings. The van der Waals surface area contributed by atoms with Crippen LogP contribution in [0.15, 0.2) is 17.3 Å². The zero-order valence-electron chi connectivity index (χ0n) is 9.11. The maximum Gasteiger partial charge on any atom is 0.156 e. The largest absolute Gasteiger partial charge is 0.340 e. The van der Waals surface area contributed by atoms with Gasteiger partial charge in [-0.2, -0.15) is 0 Å². The van der Waals surface area contributed by atoms with Gasteiger partial charge in [0.15, 0.2) is 5.82 Å². The fourth-order valence-corrected chi connectivity index (χ4v) is 2.17. The van der Waals surface area contributed by atoms with E-state index in [0.717, 1.165) is 34.4 Å². The molecule has 16 heavy (non-hydrogen) atoms. The molecule has 2 aromatic heterocycles. The minimum atomic E-state index is 0.732. The van der Waals surface area contributed by atoms with Gasteiger partial charge in [-0.1, -0.05) is 11.6 Å². The van der Waals surface area contributed by atoms with Gasteiger partial charge in [-0.15, -0.1) is 0 Å². The van der Waals surface area contributed by atoms with E-state index in [1.807, 2.05) is 26.1 Å². The molecule has 0 aliphatic carbocycles. The van der Waals surface area contributed by atoms with Crippen LogP contribution in [0.4, 0.5) is 5.82 Å². The Hall–Kier alpha value is -1.55. The van der Waals surface area contributed by atoms with E-state index < -0.39 is 0 Å². The Balaban J connectivity index is 2.33. The summed E-state index contributed by atoms with van der Waals surface area (Å²) in [5.74, 6) is 1.87. The fraction of sp³-hybridized carbons (Fsp3) is 0.273. The molecule has 82 valence electrons. The minimum Gasteiger partial charge on any atom is -0.340 e. The van der Waals surface area contributed by atoms with E-state index >= 15 is 0 Å². The normalized spacial score (nSPS) is 15.2. The van der Waals surface area contributed by atoms with E-state index in [1.165, 1.54) is 0 Å². The Morgan fingerprint density at radius 1 is 1.56 bits per heavy atom. The number of allylic oxidation sites excluding steroid dienone is 1. The molecular formula is C11H11ClN4. The summed E-state index contributed by atoms with van der Waals surface area (Å²) in [4.78, 5) is 11.0. The number of anilines is 1. The lowest BCUT2D eigenvalue weighted by Crippen LogP contribution is -2.16. The van der Waals surface area contributed by atoms with E-state index in [4.69, 9.17) is 11.6 Å². The quantitative estimate of drug-likeness (QED) is 0.760. The molecule has 0 unspecified atom stereocenters.